The number of hydrogen-bond donors (Lipinski definition) is 1. The van der Waals surface area contributed by atoms with Gasteiger partial charge in [-0.25, -0.2) is 0 Å². The summed E-state index contributed by atoms with van der Waals surface area (Å²) in [5, 5.41) is 3.38. The lowest BCUT2D eigenvalue weighted by Gasteiger charge is -2.32. The molecule has 1 heteroatoms. The van der Waals surface area contributed by atoms with Gasteiger partial charge < -0.3 is 5.32 Å². The molecule has 1 unspecified atom stereocenters. The van der Waals surface area contributed by atoms with E-state index >= 15 is 0 Å². The highest BCUT2D eigenvalue weighted by Crippen LogP contribution is 2.28. The van der Waals surface area contributed by atoms with Crippen molar-refractivity contribution in [1.82, 2.24) is 5.32 Å². The highest BCUT2D eigenvalue weighted by Gasteiger charge is 2.24. The first-order valence-corrected chi connectivity index (χ1v) is 6.17. The molecule has 0 heterocycles. The first-order chi connectivity index (χ1) is 7.38. The zero-order chi connectivity index (χ0) is 12.3. The fourth-order valence-corrected chi connectivity index (χ4v) is 1.80. The Morgan fingerprint density at radius 1 is 0.938 bits per heavy atom. The summed E-state index contributed by atoms with van der Waals surface area (Å²) < 4.78 is 0. The molecule has 0 aliphatic rings. The molecule has 90 valence electrons. The van der Waals surface area contributed by atoms with Gasteiger partial charge in [0.2, 0.25) is 0 Å². The molecule has 0 bridgehead atoms. The van der Waals surface area contributed by atoms with Crippen LogP contribution in [0.5, 0.6) is 0 Å². The maximum absolute atomic E-state index is 3.38. The van der Waals surface area contributed by atoms with Gasteiger partial charge in [0.1, 0.15) is 0 Å². The summed E-state index contributed by atoms with van der Waals surface area (Å²) in [5.41, 5.74) is 2.96. The van der Waals surface area contributed by atoms with Gasteiger partial charge in [-0.2, -0.15) is 0 Å². The van der Waals surface area contributed by atoms with Gasteiger partial charge in [-0.15, -0.1) is 0 Å². The largest absolute Gasteiger partial charge is 0.314 e. The summed E-state index contributed by atoms with van der Waals surface area (Å²) in [6, 6.07) is 9.03. The van der Waals surface area contributed by atoms with E-state index in [4.69, 9.17) is 0 Å². The van der Waals surface area contributed by atoms with E-state index in [9.17, 15) is 0 Å². The minimum atomic E-state index is 0.138. The van der Waals surface area contributed by atoms with Crippen molar-refractivity contribution in [3.8, 4) is 0 Å². The number of nitrogens with one attached hydrogen (secondary N) is 1. The number of rotatable bonds is 4. The van der Waals surface area contributed by atoms with E-state index in [1.807, 2.05) is 7.05 Å². The molecule has 0 aliphatic heterocycles. The fourth-order valence-electron chi connectivity index (χ4n) is 1.80. The Labute approximate surface area is 100 Å². The van der Waals surface area contributed by atoms with Crippen LogP contribution < -0.4 is 5.32 Å². The van der Waals surface area contributed by atoms with Gasteiger partial charge in [0.25, 0.3) is 0 Å². The predicted octanol–water partition coefficient (Wildman–Crippen LogP) is 3.91. The third kappa shape index (κ3) is 2.85. The molecule has 0 spiro atoms. The summed E-state index contributed by atoms with van der Waals surface area (Å²) in [7, 11) is 2.03. The first kappa shape index (κ1) is 13.2. The Hall–Kier alpha value is -0.820. The lowest BCUT2D eigenvalue weighted by molar-refractivity contribution is 0.360. The van der Waals surface area contributed by atoms with Gasteiger partial charge in [0.05, 0.1) is 0 Å². The predicted molar refractivity (Wildman–Crippen MR) is 72.1 cm³/mol. The molecule has 1 N–H and O–H groups in total. The molecule has 1 aromatic rings. The Kier molecular flexibility index (Phi) is 4.15. The van der Waals surface area contributed by atoms with Crippen molar-refractivity contribution in [2.75, 3.05) is 7.05 Å². The van der Waals surface area contributed by atoms with E-state index in [1.165, 1.54) is 11.1 Å². The zero-order valence-corrected chi connectivity index (χ0v) is 11.5. The average molecular weight is 219 g/mol. The highest BCUT2D eigenvalue weighted by atomic mass is 14.9. The van der Waals surface area contributed by atoms with Gasteiger partial charge >= 0.3 is 0 Å². The summed E-state index contributed by atoms with van der Waals surface area (Å²) in [6.07, 6.45) is 0. The maximum atomic E-state index is 3.38. The van der Waals surface area contributed by atoms with Crippen LogP contribution in [0.15, 0.2) is 24.3 Å². The summed E-state index contributed by atoms with van der Waals surface area (Å²) in [5.74, 6) is 1.13. The highest BCUT2D eigenvalue weighted by molar-refractivity contribution is 5.28. The molecule has 0 fully saturated rings. The molecule has 0 aliphatic carbocycles. The van der Waals surface area contributed by atoms with E-state index in [-0.39, 0.29) is 5.54 Å². The van der Waals surface area contributed by atoms with Crippen LogP contribution in [-0.4, -0.2) is 12.6 Å². The average Bonchev–Trinajstić information content (AvgIpc) is 2.28. The van der Waals surface area contributed by atoms with E-state index in [2.05, 4.69) is 64.2 Å². The second-order valence-electron chi connectivity index (χ2n) is 5.51. The quantitative estimate of drug-likeness (QED) is 0.809. The smallest absolute Gasteiger partial charge is 0.0187 e. The topological polar surface area (TPSA) is 12.0 Å². The van der Waals surface area contributed by atoms with Crippen molar-refractivity contribution in [3.63, 3.8) is 0 Å². The minimum Gasteiger partial charge on any atom is -0.314 e. The number of hydrogen-bond acceptors (Lipinski definition) is 1. The molecular formula is C15H25N. The van der Waals surface area contributed by atoms with Crippen LogP contribution in [0.1, 0.15) is 57.6 Å². The molecule has 0 aromatic heterocycles. The Balaban J connectivity index is 2.90. The first-order valence-electron chi connectivity index (χ1n) is 6.17. The van der Waals surface area contributed by atoms with Crippen molar-refractivity contribution in [2.24, 2.45) is 0 Å². The van der Waals surface area contributed by atoms with Gasteiger partial charge in [0.15, 0.2) is 0 Å². The van der Waals surface area contributed by atoms with E-state index in [0.29, 0.717) is 11.8 Å². The number of likely N-dealkylation sites (N-methyl/N-ethyl adjacent to an activating group) is 1. The second-order valence-corrected chi connectivity index (χ2v) is 5.51. The van der Waals surface area contributed by atoms with Crippen LogP contribution in [0.3, 0.4) is 0 Å². The van der Waals surface area contributed by atoms with Crippen molar-refractivity contribution in [2.45, 2.75) is 52.0 Å². The monoisotopic (exact) mass is 219 g/mol. The lowest BCUT2D eigenvalue weighted by atomic mass is 9.83. The van der Waals surface area contributed by atoms with Crippen LogP contribution in [0.2, 0.25) is 0 Å². The molecule has 1 rings (SSSR count). The van der Waals surface area contributed by atoms with Crippen molar-refractivity contribution in [1.29, 1.82) is 0 Å². The van der Waals surface area contributed by atoms with Crippen molar-refractivity contribution >= 4 is 0 Å². The van der Waals surface area contributed by atoms with E-state index in [0.717, 1.165) is 0 Å². The Morgan fingerprint density at radius 3 is 1.75 bits per heavy atom. The molecule has 0 saturated carbocycles. The molecule has 0 amide bonds. The third-order valence-electron chi connectivity index (χ3n) is 3.83. The van der Waals surface area contributed by atoms with E-state index in [1.54, 1.807) is 0 Å². The SMILES string of the molecule is CNC(C)(C)C(C)c1ccc(C(C)C)cc1. The lowest BCUT2D eigenvalue weighted by Crippen LogP contribution is -2.41. The van der Waals surface area contributed by atoms with Gasteiger partial charge in [-0.1, -0.05) is 45.0 Å². The molecule has 16 heavy (non-hydrogen) atoms. The van der Waals surface area contributed by atoms with Gasteiger partial charge in [0, 0.05) is 5.54 Å². The normalized spacial score (nSPS) is 14.2. The van der Waals surface area contributed by atoms with Crippen LogP contribution in [0, 0.1) is 0 Å². The fraction of sp³-hybridized carbons (Fsp3) is 0.600. The molecule has 0 saturated heterocycles. The van der Waals surface area contributed by atoms with Crippen LogP contribution in [0.4, 0.5) is 0 Å². The van der Waals surface area contributed by atoms with Crippen LogP contribution in [-0.2, 0) is 0 Å². The number of benzene rings is 1. The van der Waals surface area contributed by atoms with Crippen LogP contribution in [0.25, 0.3) is 0 Å². The molecule has 0 radical (unpaired) electrons. The zero-order valence-electron chi connectivity index (χ0n) is 11.5. The third-order valence-corrected chi connectivity index (χ3v) is 3.83. The standard InChI is InChI=1S/C15H25N/c1-11(2)13-7-9-14(10-8-13)12(3)15(4,5)16-6/h7-12,16H,1-6H3. The van der Waals surface area contributed by atoms with Gasteiger partial charge in [-0.3, -0.25) is 0 Å². The summed E-state index contributed by atoms with van der Waals surface area (Å²) >= 11 is 0. The molecular weight excluding hydrogens is 194 g/mol. The van der Waals surface area contributed by atoms with Crippen molar-refractivity contribution in [3.05, 3.63) is 35.4 Å². The Morgan fingerprint density at radius 2 is 1.38 bits per heavy atom. The van der Waals surface area contributed by atoms with Crippen molar-refractivity contribution < 1.29 is 0 Å². The summed E-state index contributed by atoms with van der Waals surface area (Å²) in [4.78, 5) is 0. The van der Waals surface area contributed by atoms with E-state index < -0.39 is 0 Å². The summed E-state index contributed by atoms with van der Waals surface area (Å²) in [6.45, 7) is 11.2. The maximum Gasteiger partial charge on any atom is 0.0187 e. The Bertz CT molecular complexity index is 322. The van der Waals surface area contributed by atoms with Gasteiger partial charge in [-0.05, 0) is 43.9 Å². The molecule has 1 aromatic carbocycles. The van der Waals surface area contributed by atoms with Crippen LogP contribution >= 0.6 is 0 Å². The minimum absolute atomic E-state index is 0.138. The molecule has 1 atom stereocenters. The molecule has 1 nitrogen and oxygen atoms in total. The second kappa shape index (κ2) is 5.01.